The molecule has 0 saturated carbocycles. The van der Waals surface area contributed by atoms with Gasteiger partial charge >= 0.3 is 0 Å². The van der Waals surface area contributed by atoms with Gasteiger partial charge < -0.3 is 4.90 Å². The minimum Gasteiger partial charge on any atom is -0.342 e. The molecule has 0 bridgehead atoms. The van der Waals surface area contributed by atoms with Crippen LogP contribution < -0.4 is 0 Å². The average Bonchev–Trinajstić information content (AvgIpc) is 3.24. The van der Waals surface area contributed by atoms with E-state index in [2.05, 4.69) is 44.9 Å². The quantitative estimate of drug-likeness (QED) is 0.619. The van der Waals surface area contributed by atoms with E-state index in [-0.39, 0.29) is 11.9 Å². The lowest BCUT2D eigenvalue weighted by Gasteiger charge is -2.18. The largest absolute Gasteiger partial charge is 0.342 e. The minimum absolute atomic E-state index is 0.0312. The van der Waals surface area contributed by atoms with Crippen LogP contribution in [0.15, 0.2) is 24.4 Å². The lowest BCUT2D eigenvalue weighted by Crippen LogP contribution is -2.28. The van der Waals surface area contributed by atoms with E-state index in [9.17, 15) is 4.79 Å². The molecule has 3 aromatic heterocycles. The van der Waals surface area contributed by atoms with Crippen molar-refractivity contribution in [3.05, 3.63) is 34.8 Å². The van der Waals surface area contributed by atoms with E-state index in [1.165, 1.54) is 4.88 Å². The second-order valence-corrected chi connectivity index (χ2v) is 8.25. The summed E-state index contributed by atoms with van der Waals surface area (Å²) in [6.07, 6.45) is 3.83. The van der Waals surface area contributed by atoms with Gasteiger partial charge in [-0.2, -0.15) is 5.10 Å². The third kappa shape index (κ3) is 3.51. The van der Waals surface area contributed by atoms with Gasteiger partial charge in [0.25, 0.3) is 5.91 Å². The van der Waals surface area contributed by atoms with Gasteiger partial charge in [-0.3, -0.25) is 4.79 Å². The lowest BCUT2D eigenvalue weighted by molar-refractivity contribution is 0.0795. The van der Waals surface area contributed by atoms with Gasteiger partial charge in [0, 0.05) is 24.5 Å². The summed E-state index contributed by atoms with van der Waals surface area (Å²) < 4.78 is 1.89. The number of aryl methyl sites for hydroxylation is 1. The molecule has 138 valence electrons. The number of thiophene rings is 1. The SMILES string of the molecule is CCCCN(C)C(=O)c1cc(-c2ccc(C)s2)nc2c1cnn2C(C)C. The Labute approximate surface area is 158 Å². The summed E-state index contributed by atoms with van der Waals surface area (Å²) in [5.74, 6) is 0.0312. The molecule has 26 heavy (non-hydrogen) atoms. The molecule has 0 saturated heterocycles. The summed E-state index contributed by atoms with van der Waals surface area (Å²) in [5.41, 5.74) is 2.29. The highest BCUT2D eigenvalue weighted by Crippen LogP contribution is 2.31. The van der Waals surface area contributed by atoms with Gasteiger partial charge in [-0.25, -0.2) is 9.67 Å². The van der Waals surface area contributed by atoms with E-state index in [0.717, 1.165) is 41.0 Å². The molecule has 0 aliphatic rings. The first-order valence-electron chi connectivity index (χ1n) is 9.13. The second-order valence-electron chi connectivity index (χ2n) is 6.97. The van der Waals surface area contributed by atoms with Crippen LogP contribution in [0.25, 0.3) is 21.6 Å². The van der Waals surface area contributed by atoms with E-state index in [1.54, 1.807) is 22.4 Å². The third-order valence-electron chi connectivity index (χ3n) is 4.47. The fraction of sp³-hybridized carbons (Fsp3) is 0.450. The number of rotatable bonds is 6. The van der Waals surface area contributed by atoms with E-state index in [1.807, 2.05) is 17.8 Å². The molecule has 3 heterocycles. The maximum Gasteiger partial charge on any atom is 0.254 e. The van der Waals surface area contributed by atoms with E-state index >= 15 is 0 Å². The number of nitrogens with zero attached hydrogens (tertiary/aromatic N) is 4. The molecule has 0 unspecified atom stereocenters. The number of fused-ring (bicyclic) bond motifs is 1. The summed E-state index contributed by atoms with van der Waals surface area (Å²) in [6, 6.07) is 6.26. The Balaban J connectivity index is 2.15. The number of amides is 1. The predicted molar refractivity (Wildman–Crippen MR) is 108 cm³/mol. The molecule has 0 fully saturated rings. The minimum atomic E-state index is 0.0312. The molecule has 0 aliphatic heterocycles. The number of unbranched alkanes of at least 4 members (excludes halogenated alkanes) is 1. The van der Waals surface area contributed by atoms with E-state index in [0.29, 0.717) is 5.56 Å². The molecule has 3 rings (SSSR count). The Hall–Kier alpha value is -2.21. The van der Waals surface area contributed by atoms with Crippen LogP contribution in [0.1, 0.15) is 54.9 Å². The normalized spacial score (nSPS) is 11.5. The van der Waals surface area contributed by atoms with Crippen molar-refractivity contribution in [1.82, 2.24) is 19.7 Å². The summed E-state index contributed by atoms with van der Waals surface area (Å²) in [4.78, 5) is 22.0. The molecule has 0 spiro atoms. The van der Waals surface area contributed by atoms with Crippen LogP contribution in [0.5, 0.6) is 0 Å². The van der Waals surface area contributed by atoms with E-state index in [4.69, 9.17) is 4.98 Å². The first-order chi connectivity index (χ1) is 12.4. The van der Waals surface area contributed by atoms with Crippen LogP contribution in [0, 0.1) is 6.92 Å². The number of carbonyl (C=O) groups excluding carboxylic acids is 1. The molecule has 6 heteroatoms. The molecule has 0 radical (unpaired) electrons. The lowest BCUT2D eigenvalue weighted by atomic mass is 10.1. The Kier molecular flexibility index (Phi) is 5.41. The van der Waals surface area contributed by atoms with Crippen molar-refractivity contribution in [3.8, 4) is 10.6 Å². The molecule has 0 aromatic carbocycles. The molecular formula is C20H26N4OS. The van der Waals surface area contributed by atoms with Crippen molar-refractivity contribution >= 4 is 28.3 Å². The number of carbonyl (C=O) groups is 1. The van der Waals surface area contributed by atoms with Crippen LogP contribution in [0.3, 0.4) is 0 Å². The Morgan fingerprint density at radius 1 is 1.35 bits per heavy atom. The summed E-state index contributed by atoms with van der Waals surface area (Å²) in [6.45, 7) is 9.11. The van der Waals surface area contributed by atoms with Crippen LogP contribution >= 0.6 is 11.3 Å². The van der Waals surface area contributed by atoms with E-state index < -0.39 is 0 Å². The Bertz CT molecular complexity index is 925. The number of pyridine rings is 1. The van der Waals surface area contributed by atoms with Gasteiger partial charge in [0.1, 0.15) is 0 Å². The summed E-state index contributed by atoms with van der Waals surface area (Å²) >= 11 is 1.69. The maximum atomic E-state index is 13.1. The number of hydrogen-bond acceptors (Lipinski definition) is 4. The van der Waals surface area contributed by atoms with Crippen molar-refractivity contribution in [1.29, 1.82) is 0 Å². The third-order valence-corrected chi connectivity index (χ3v) is 5.50. The first kappa shape index (κ1) is 18.6. The van der Waals surface area contributed by atoms with Crippen LogP contribution in [0.4, 0.5) is 0 Å². The van der Waals surface area contributed by atoms with Crippen LogP contribution in [0.2, 0.25) is 0 Å². The molecule has 0 N–H and O–H groups in total. The average molecular weight is 371 g/mol. The highest BCUT2D eigenvalue weighted by atomic mass is 32.1. The molecule has 1 amide bonds. The van der Waals surface area contributed by atoms with Crippen molar-refractivity contribution < 1.29 is 4.79 Å². The first-order valence-corrected chi connectivity index (χ1v) is 9.94. The van der Waals surface area contributed by atoms with Crippen LogP contribution in [-0.4, -0.2) is 39.2 Å². The van der Waals surface area contributed by atoms with Gasteiger partial charge in [-0.1, -0.05) is 13.3 Å². The molecule has 0 atom stereocenters. The van der Waals surface area contributed by atoms with Crippen molar-refractivity contribution in [2.24, 2.45) is 0 Å². The smallest absolute Gasteiger partial charge is 0.254 e. The molecule has 0 aliphatic carbocycles. The topological polar surface area (TPSA) is 51.0 Å². The number of hydrogen-bond donors (Lipinski definition) is 0. The summed E-state index contributed by atoms with van der Waals surface area (Å²) in [5, 5.41) is 5.31. The fourth-order valence-corrected chi connectivity index (χ4v) is 3.80. The standard InChI is InChI=1S/C20H26N4OS/c1-6-7-10-23(5)20(25)15-11-17(18-9-8-14(4)26-18)22-19-16(15)12-21-24(19)13(2)3/h8-9,11-13H,6-7,10H2,1-5H3. The van der Waals surface area contributed by atoms with Gasteiger partial charge in [0.2, 0.25) is 0 Å². The predicted octanol–water partition coefficient (Wildman–Crippen LogP) is 4.92. The molecular weight excluding hydrogens is 344 g/mol. The Morgan fingerprint density at radius 2 is 2.12 bits per heavy atom. The monoisotopic (exact) mass is 370 g/mol. The van der Waals surface area contributed by atoms with Gasteiger partial charge in [-0.15, -0.1) is 11.3 Å². The van der Waals surface area contributed by atoms with Crippen molar-refractivity contribution in [3.63, 3.8) is 0 Å². The highest BCUT2D eigenvalue weighted by Gasteiger charge is 2.21. The second kappa shape index (κ2) is 7.58. The van der Waals surface area contributed by atoms with Crippen molar-refractivity contribution in [2.75, 3.05) is 13.6 Å². The van der Waals surface area contributed by atoms with Gasteiger partial charge in [0.15, 0.2) is 5.65 Å². The number of aromatic nitrogens is 3. The van der Waals surface area contributed by atoms with Gasteiger partial charge in [-0.05, 0) is 45.4 Å². The zero-order chi connectivity index (χ0) is 18.8. The molecule has 3 aromatic rings. The Morgan fingerprint density at radius 3 is 2.73 bits per heavy atom. The summed E-state index contributed by atoms with van der Waals surface area (Å²) in [7, 11) is 1.87. The maximum absolute atomic E-state index is 13.1. The highest BCUT2D eigenvalue weighted by molar-refractivity contribution is 7.15. The zero-order valence-corrected chi connectivity index (χ0v) is 16.9. The van der Waals surface area contributed by atoms with Crippen molar-refractivity contribution in [2.45, 2.75) is 46.6 Å². The molecule has 5 nitrogen and oxygen atoms in total. The zero-order valence-electron chi connectivity index (χ0n) is 16.1. The van der Waals surface area contributed by atoms with Crippen LogP contribution in [-0.2, 0) is 0 Å². The van der Waals surface area contributed by atoms with Gasteiger partial charge in [0.05, 0.1) is 27.7 Å². The fourth-order valence-electron chi connectivity index (χ4n) is 2.97.